The number of allylic oxidation sites excluding steroid dienone is 2. The second-order valence-corrected chi connectivity index (χ2v) is 4.91. The molecule has 0 aromatic rings. The molecule has 1 aliphatic rings. The molecule has 3 nitrogen and oxygen atoms in total. The van der Waals surface area contributed by atoms with Crippen molar-refractivity contribution in [2.45, 2.75) is 39.2 Å². The van der Waals surface area contributed by atoms with E-state index in [2.05, 4.69) is 31.0 Å². The lowest BCUT2D eigenvalue weighted by Crippen LogP contribution is -2.43. The molecule has 0 bridgehead atoms. The fraction of sp³-hybridized carbons (Fsp3) is 0.533. The zero-order valence-electron chi connectivity index (χ0n) is 11.6. The molecule has 3 heteroatoms. The Kier molecular flexibility index (Phi) is 5.35. The van der Waals surface area contributed by atoms with Crippen LogP contribution in [0.3, 0.4) is 0 Å². The number of hydrogen-bond acceptors (Lipinski definition) is 3. The van der Waals surface area contributed by atoms with Crippen molar-refractivity contribution in [1.82, 2.24) is 5.32 Å². The summed E-state index contributed by atoms with van der Waals surface area (Å²) in [6, 6.07) is 0. The second-order valence-electron chi connectivity index (χ2n) is 4.91. The van der Waals surface area contributed by atoms with Gasteiger partial charge in [-0.1, -0.05) is 32.1 Å². The first-order valence-electron chi connectivity index (χ1n) is 6.44. The van der Waals surface area contributed by atoms with Crippen molar-refractivity contribution in [3.63, 3.8) is 0 Å². The molecule has 0 amide bonds. The smallest absolute Gasteiger partial charge is 0.182 e. The minimum atomic E-state index is -0.733. The number of ether oxygens (including phenoxy) is 1. The third-order valence-electron chi connectivity index (χ3n) is 3.02. The molecule has 0 saturated carbocycles. The molecule has 18 heavy (non-hydrogen) atoms. The number of carbonyl (C=O) groups excluding carboxylic acids is 1. The third-order valence-corrected chi connectivity index (χ3v) is 3.02. The molecule has 0 aromatic carbocycles. The summed E-state index contributed by atoms with van der Waals surface area (Å²) in [4.78, 5) is 11.9. The van der Waals surface area contributed by atoms with E-state index in [9.17, 15) is 4.79 Å². The van der Waals surface area contributed by atoms with Crippen molar-refractivity contribution >= 4 is 5.78 Å². The third kappa shape index (κ3) is 3.84. The summed E-state index contributed by atoms with van der Waals surface area (Å²) in [7, 11) is 0. The predicted molar refractivity (Wildman–Crippen MR) is 74.3 cm³/mol. The van der Waals surface area contributed by atoms with Crippen molar-refractivity contribution < 1.29 is 9.53 Å². The van der Waals surface area contributed by atoms with Crippen LogP contribution in [0.15, 0.2) is 36.1 Å². The van der Waals surface area contributed by atoms with Gasteiger partial charge in [-0.3, -0.25) is 4.79 Å². The van der Waals surface area contributed by atoms with E-state index in [4.69, 9.17) is 4.74 Å². The molecule has 1 aliphatic heterocycles. The standard InChI is InChI=1S/C15H23NO2/c1-5-7-8-9-12-11-18-15(3,4)14(17)10-16-13(12)6-2/h6,8-9,16H,2,5,7,10-11H2,1,3-4H3/b9-8-,13-12-. The number of rotatable bonds is 4. The van der Waals surface area contributed by atoms with Gasteiger partial charge in [-0.2, -0.15) is 0 Å². The Labute approximate surface area is 110 Å². The number of carbonyl (C=O) groups is 1. The van der Waals surface area contributed by atoms with Gasteiger partial charge in [-0.25, -0.2) is 0 Å². The van der Waals surface area contributed by atoms with Gasteiger partial charge in [0.05, 0.1) is 13.2 Å². The molecule has 0 aromatic heterocycles. The maximum Gasteiger partial charge on any atom is 0.182 e. The first-order valence-corrected chi connectivity index (χ1v) is 6.44. The van der Waals surface area contributed by atoms with Gasteiger partial charge >= 0.3 is 0 Å². The molecule has 1 rings (SSSR count). The van der Waals surface area contributed by atoms with Crippen LogP contribution in [-0.2, 0) is 9.53 Å². The molecule has 100 valence electrons. The highest BCUT2D eigenvalue weighted by Crippen LogP contribution is 2.18. The van der Waals surface area contributed by atoms with E-state index in [1.807, 2.05) is 13.8 Å². The lowest BCUT2D eigenvalue weighted by Gasteiger charge is -2.28. The molecule has 1 N–H and O–H groups in total. The monoisotopic (exact) mass is 249 g/mol. The van der Waals surface area contributed by atoms with Crippen LogP contribution in [0, 0.1) is 0 Å². The summed E-state index contributed by atoms with van der Waals surface area (Å²) < 4.78 is 5.71. The average Bonchev–Trinajstić information content (AvgIpc) is 2.34. The van der Waals surface area contributed by atoms with E-state index in [1.54, 1.807) is 6.08 Å². The molecular formula is C15H23NO2. The number of hydrogen-bond donors (Lipinski definition) is 1. The lowest BCUT2D eigenvalue weighted by molar-refractivity contribution is -0.138. The Morgan fingerprint density at radius 1 is 1.50 bits per heavy atom. The summed E-state index contributed by atoms with van der Waals surface area (Å²) in [6.07, 6.45) is 8.07. The maximum absolute atomic E-state index is 11.9. The first kappa shape index (κ1) is 14.7. The van der Waals surface area contributed by atoms with Crippen molar-refractivity contribution in [2.75, 3.05) is 13.2 Å². The Hall–Kier alpha value is -1.35. The van der Waals surface area contributed by atoms with Crippen molar-refractivity contribution in [2.24, 2.45) is 0 Å². The topological polar surface area (TPSA) is 38.3 Å². The molecule has 0 atom stereocenters. The quantitative estimate of drug-likeness (QED) is 0.832. The molecule has 1 heterocycles. The lowest BCUT2D eigenvalue weighted by atomic mass is 10.0. The van der Waals surface area contributed by atoms with Crippen molar-refractivity contribution in [3.8, 4) is 0 Å². The van der Waals surface area contributed by atoms with E-state index < -0.39 is 5.60 Å². The second kappa shape index (κ2) is 6.55. The Morgan fingerprint density at radius 2 is 2.22 bits per heavy atom. The number of unbranched alkanes of at least 4 members (excludes halogenated alkanes) is 1. The molecular weight excluding hydrogens is 226 g/mol. The predicted octanol–water partition coefficient (Wildman–Crippen LogP) is 2.75. The minimum absolute atomic E-state index is 0.0541. The SMILES string of the molecule is C=C/C1=C(\C=C/CCC)COC(C)(C)C(=O)CN1. The molecule has 0 saturated heterocycles. The normalized spacial score (nSPS) is 24.5. The van der Waals surface area contributed by atoms with E-state index in [0.717, 1.165) is 24.1 Å². The minimum Gasteiger partial charge on any atom is -0.378 e. The highest BCUT2D eigenvalue weighted by atomic mass is 16.5. The highest BCUT2D eigenvalue weighted by Gasteiger charge is 2.29. The van der Waals surface area contributed by atoms with Gasteiger partial charge in [0.1, 0.15) is 5.60 Å². The van der Waals surface area contributed by atoms with Crippen molar-refractivity contribution in [1.29, 1.82) is 0 Å². The first-order chi connectivity index (χ1) is 8.51. The van der Waals surface area contributed by atoms with Crippen LogP contribution < -0.4 is 5.32 Å². The van der Waals surface area contributed by atoms with E-state index in [-0.39, 0.29) is 12.3 Å². The van der Waals surface area contributed by atoms with Crippen LogP contribution in [0.2, 0.25) is 0 Å². The fourth-order valence-electron chi connectivity index (χ4n) is 1.65. The Balaban J connectivity index is 2.91. The average molecular weight is 249 g/mol. The fourth-order valence-corrected chi connectivity index (χ4v) is 1.65. The Morgan fingerprint density at radius 3 is 2.83 bits per heavy atom. The zero-order chi connectivity index (χ0) is 13.6. The summed E-state index contributed by atoms with van der Waals surface area (Å²) in [6.45, 7) is 10.2. The van der Waals surface area contributed by atoms with Gasteiger partial charge in [0.2, 0.25) is 0 Å². The maximum atomic E-state index is 11.9. The van der Waals surface area contributed by atoms with E-state index in [0.29, 0.717) is 6.61 Å². The van der Waals surface area contributed by atoms with Gasteiger partial charge in [0.15, 0.2) is 5.78 Å². The highest BCUT2D eigenvalue weighted by molar-refractivity contribution is 5.88. The number of ketones is 1. The largest absolute Gasteiger partial charge is 0.378 e. The van der Waals surface area contributed by atoms with Crippen LogP contribution in [0.4, 0.5) is 0 Å². The number of Topliss-reactive ketones (excluding diaryl/α,β-unsaturated/α-hetero) is 1. The zero-order valence-corrected chi connectivity index (χ0v) is 11.6. The van der Waals surface area contributed by atoms with E-state index in [1.165, 1.54) is 0 Å². The van der Waals surface area contributed by atoms with Gasteiger partial charge in [0, 0.05) is 11.3 Å². The summed E-state index contributed by atoms with van der Waals surface area (Å²) in [5, 5.41) is 3.13. The Bertz CT molecular complexity index is 378. The molecule has 0 fully saturated rings. The van der Waals surface area contributed by atoms with Crippen LogP contribution >= 0.6 is 0 Å². The summed E-state index contributed by atoms with van der Waals surface area (Å²) >= 11 is 0. The van der Waals surface area contributed by atoms with E-state index >= 15 is 0 Å². The number of nitrogens with one attached hydrogen (secondary N) is 1. The van der Waals surface area contributed by atoms with Crippen molar-refractivity contribution in [3.05, 3.63) is 36.1 Å². The summed E-state index contributed by atoms with van der Waals surface area (Å²) in [5.41, 5.74) is 1.19. The summed E-state index contributed by atoms with van der Waals surface area (Å²) in [5.74, 6) is 0.0541. The van der Waals surface area contributed by atoms with Gasteiger partial charge in [-0.15, -0.1) is 0 Å². The van der Waals surface area contributed by atoms with Crippen LogP contribution in [-0.4, -0.2) is 24.5 Å². The molecule has 0 spiro atoms. The van der Waals surface area contributed by atoms with Gasteiger partial charge in [-0.05, 0) is 26.3 Å². The van der Waals surface area contributed by atoms with Gasteiger partial charge < -0.3 is 10.1 Å². The molecule has 0 radical (unpaired) electrons. The van der Waals surface area contributed by atoms with Crippen LogP contribution in [0.5, 0.6) is 0 Å². The molecule has 0 aliphatic carbocycles. The van der Waals surface area contributed by atoms with Gasteiger partial charge in [0.25, 0.3) is 0 Å². The van der Waals surface area contributed by atoms with Crippen LogP contribution in [0.1, 0.15) is 33.6 Å². The van der Waals surface area contributed by atoms with Crippen LogP contribution in [0.25, 0.3) is 0 Å². The molecule has 0 unspecified atom stereocenters.